The van der Waals surface area contributed by atoms with Crippen molar-refractivity contribution in [2.45, 2.75) is 25.0 Å². The van der Waals surface area contributed by atoms with Gasteiger partial charge in [0, 0.05) is 9.72 Å². The van der Waals surface area contributed by atoms with E-state index in [1.165, 1.54) is 12.8 Å². The summed E-state index contributed by atoms with van der Waals surface area (Å²) in [4.78, 5) is 4.53. The number of anilines is 1. The molecule has 0 spiro atoms. The lowest BCUT2D eigenvalue weighted by atomic mass is 10.2. The van der Waals surface area contributed by atoms with Gasteiger partial charge in [-0.05, 0) is 24.6 Å². The predicted molar refractivity (Wildman–Crippen MR) is 82.9 cm³/mol. The fourth-order valence-electron chi connectivity index (χ4n) is 1.85. The van der Waals surface area contributed by atoms with Crippen LogP contribution < -0.4 is 10.1 Å². The minimum absolute atomic E-state index is 0.621. The SMILES string of the molecule is CCCC1CN=C(Nc2cc(Br)ccc2OC)S1. The minimum Gasteiger partial charge on any atom is -0.495 e. The van der Waals surface area contributed by atoms with Crippen molar-refractivity contribution in [3.8, 4) is 5.75 Å². The third-order valence-corrected chi connectivity index (χ3v) is 4.40. The Kier molecular flexibility index (Phi) is 4.95. The van der Waals surface area contributed by atoms with Crippen LogP contribution in [0.1, 0.15) is 19.8 Å². The van der Waals surface area contributed by atoms with Crippen LogP contribution in [0.2, 0.25) is 0 Å². The fourth-order valence-corrected chi connectivity index (χ4v) is 3.35. The number of ether oxygens (including phenoxy) is 1. The largest absolute Gasteiger partial charge is 0.495 e. The molecule has 1 N–H and O–H groups in total. The van der Waals surface area contributed by atoms with E-state index in [0.717, 1.165) is 27.6 Å². The Labute approximate surface area is 121 Å². The van der Waals surface area contributed by atoms with Gasteiger partial charge in [0.25, 0.3) is 0 Å². The monoisotopic (exact) mass is 328 g/mol. The number of benzene rings is 1. The Balaban J connectivity index is 2.04. The summed E-state index contributed by atoms with van der Waals surface area (Å²) in [5.41, 5.74) is 0.954. The third kappa shape index (κ3) is 3.42. The molecule has 0 amide bonds. The van der Waals surface area contributed by atoms with E-state index in [0.29, 0.717) is 5.25 Å². The Hall–Kier alpha value is -0.680. The molecular weight excluding hydrogens is 312 g/mol. The van der Waals surface area contributed by atoms with Crippen molar-refractivity contribution in [2.24, 2.45) is 4.99 Å². The van der Waals surface area contributed by atoms with Gasteiger partial charge in [-0.25, -0.2) is 0 Å². The molecule has 18 heavy (non-hydrogen) atoms. The van der Waals surface area contributed by atoms with Gasteiger partial charge < -0.3 is 10.1 Å². The molecular formula is C13H17BrN2OS. The zero-order chi connectivity index (χ0) is 13.0. The maximum Gasteiger partial charge on any atom is 0.161 e. The van der Waals surface area contributed by atoms with E-state index >= 15 is 0 Å². The van der Waals surface area contributed by atoms with Crippen LogP contribution in [0.5, 0.6) is 5.75 Å². The van der Waals surface area contributed by atoms with E-state index in [1.807, 2.05) is 30.0 Å². The molecule has 1 unspecified atom stereocenters. The average molecular weight is 329 g/mol. The van der Waals surface area contributed by atoms with E-state index in [2.05, 4.69) is 33.2 Å². The van der Waals surface area contributed by atoms with E-state index in [-0.39, 0.29) is 0 Å². The fraction of sp³-hybridized carbons (Fsp3) is 0.462. The van der Waals surface area contributed by atoms with Crippen LogP contribution in [-0.2, 0) is 0 Å². The molecule has 2 rings (SSSR count). The molecule has 0 saturated heterocycles. The number of nitrogens with one attached hydrogen (secondary N) is 1. The second kappa shape index (κ2) is 6.48. The topological polar surface area (TPSA) is 33.6 Å². The Morgan fingerprint density at radius 2 is 2.39 bits per heavy atom. The Morgan fingerprint density at radius 1 is 1.56 bits per heavy atom. The molecule has 1 atom stereocenters. The third-order valence-electron chi connectivity index (χ3n) is 2.73. The highest BCUT2D eigenvalue weighted by Gasteiger charge is 2.19. The highest BCUT2D eigenvalue weighted by molar-refractivity contribution is 9.10. The number of amidine groups is 1. The Bertz CT molecular complexity index is 451. The molecule has 1 aliphatic heterocycles. The second-order valence-corrected chi connectivity index (χ2v) is 6.35. The van der Waals surface area contributed by atoms with E-state index in [1.54, 1.807) is 7.11 Å². The number of hydrogen-bond acceptors (Lipinski definition) is 4. The molecule has 1 aromatic rings. The smallest absolute Gasteiger partial charge is 0.161 e. The number of nitrogens with zero attached hydrogens (tertiary/aromatic N) is 1. The maximum absolute atomic E-state index is 5.34. The van der Waals surface area contributed by atoms with Gasteiger partial charge in [0.1, 0.15) is 5.75 Å². The molecule has 98 valence electrons. The maximum atomic E-state index is 5.34. The van der Waals surface area contributed by atoms with Gasteiger partial charge in [0.05, 0.1) is 19.3 Å². The van der Waals surface area contributed by atoms with Gasteiger partial charge >= 0.3 is 0 Å². The van der Waals surface area contributed by atoms with Crippen molar-refractivity contribution in [2.75, 3.05) is 19.0 Å². The first-order valence-electron chi connectivity index (χ1n) is 6.04. The van der Waals surface area contributed by atoms with Gasteiger partial charge in [-0.15, -0.1) is 0 Å². The lowest BCUT2D eigenvalue weighted by Gasteiger charge is -2.11. The highest BCUT2D eigenvalue weighted by atomic mass is 79.9. The quantitative estimate of drug-likeness (QED) is 0.901. The zero-order valence-corrected chi connectivity index (χ0v) is 13.0. The molecule has 1 aromatic carbocycles. The van der Waals surface area contributed by atoms with Gasteiger partial charge in [0.2, 0.25) is 0 Å². The highest BCUT2D eigenvalue weighted by Crippen LogP contribution is 2.31. The molecule has 3 nitrogen and oxygen atoms in total. The summed E-state index contributed by atoms with van der Waals surface area (Å²) < 4.78 is 6.36. The second-order valence-electron chi connectivity index (χ2n) is 4.14. The Morgan fingerprint density at radius 3 is 3.11 bits per heavy atom. The molecule has 0 aliphatic carbocycles. The van der Waals surface area contributed by atoms with Crippen LogP contribution >= 0.6 is 27.7 Å². The van der Waals surface area contributed by atoms with E-state index in [9.17, 15) is 0 Å². The van der Waals surface area contributed by atoms with Crippen molar-refractivity contribution >= 4 is 38.5 Å². The number of thioether (sulfide) groups is 1. The first-order valence-corrected chi connectivity index (χ1v) is 7.72. The van der Waals surface area contributed by atoms with Crippen molar-refractivity contribution in [1.82, 2.24) is 0 Å². The summed E-state index contributed by atoms with van der Waals surface area (Å²) >= 11 is 5.29. The molecule has 0 radical (unpaired) electrons. The standard InChI is InChI=1S/C13H17BrN2OS/c1-3-4-10-8-15-13(18-10)16-11-7-9(14)5-6-12(11)17-2/h5-7,10H,3-4,8H2,1-2H3,(H,15,16). The normalized spacial score (nSPS) is 18.6. The van der Waals surface area contributed by atoms with E-state index < -0.39 is 0 Å². The van der Waals surface area contributed by atoms with Gasteiger partial charge in [0.15, 0.2) is 5.17 Å². The molecule has 1 heterocycles. The summed E-state index contributed by atoms with van der Waals surface area (Å²) in [6, 6.07) is 5.92. The molecule has 0 aromatic heterocycles. The van der Waals surface area contributed by atoms with Crippen LogP contribution in [0.25, 0.3) is 0 Å². The zero-order valence-electron chi connectivity index (χ0n) is 10.6. The van der Waals surface area contributed by atoms with E-state index in [4.69, 9.17) is 4.74 Å². The van der Waals surface area contributed by atoms with Crippen LogP contribution in [0.3, 0.4) is 0 Å². The first-order chi connectivity index (χ1) is 8.72. The van der Waals surface area contributed by atoms with Crippen molar-refractivity contribution < 1.29 is 4.74 Å². The molecule has 0 fully saturated rings. The molecule has 0 saturated carbocycles. The van der Waals surface area contributed by atoms with Gasteiger partial charge in [-0.3, -0.25) is 4.99 Å². The van der Waals surface area contributed by atoms with Gasteiger partial charge in [-0.2, -0.15) is 0 Å². The average Bonchev–Trinajstić information content (AvgIpc) is 2.77. The summed E-state index contributed by atoms with van der Waals surface area (Å²) in [5, 5.41) is 4.96. The van der Waals surface area contributed by atoms with Crippen LogP contribution in [-0.4, -0.2) is 24.1 Å². The lowest BCUT2D eigenvalue weighted by molar-refractivity contribution is 0.417. The number of methoxy groups -OCH3 is 1. The lowest BCUT2D eigenvalue weighted by Crippen LogP contribution is -2.08. The van der Waals surface area contributed by atoms with Crippen molar-refractivity contribution in [3.63, 3.8) is 0 Å². The molecule has 0 bridgehead atoms. The van der Waals surface area contributed by atoms with Crippen molar-refractivity contribution in [3.05, 3.63) is 22.7 Å². The summed E-state index contributed by atoms with van der Waals surface area (Å²) in [7, 11) is 1.68. The number of aliphatic imine (C=N–C) groups is 1. The minimum atomic E-state index is 0.621. The van der Waals surface area contributed by atoms with Crippen molar-refractivity contribution in [1.29, 1.82) is 0 Å². The predicted octanol–water partition coefficient (Wildman–Crippen LogP) is 4.14. The van der Waals surface area contributed by atoms with Crippen LogP contribution in [0.4, 0.5) is 5.69 Å². The number of rotatable bonds is 4. The summed E-state index contributed by atoms with van der Waals surface area (Å²) in [6.45, 7) is 3.13. The summed E-state index contributed by atoms with van der Waals surface area (Å²) in [5.74, 6) is 0.834. The molecule has 5 heteroatoms. The number of halogens is 1. The van der Waals surface area contributed by atoms with Crippen LogP contribution in [0.15, 0.2) is 27.7 Å². The van der Waals surface area contributed by atoms with Gasteiger partial charge in [-0.1, -0.05) is 41.0 Å². The van der Waals surface area contributed by atoms with Crippen LogP contribution in [0, 0.1) is 0 Å². The molecule has 1 aliphatic rings. The first kappa shape index (κ1) is 13.7. The summed E-state index contributed by atoms with van der Waals surface area (Å²) in [6.07, 6.45) is 2.43. The number of hydrogen-bond donors (Lipinski definition) is 1.